The van der Waals surface area contributed by atoms with Crippen molar-refractivity contribution in [1.29, 1.82) is 0 Å². The number of hydrogen-bond donors (Lipinski definition) is 1. The monoisotopic (exact) mass is 200 g/mol. The van der Waals surface area contributed by atoms with Crippen molar-refractivity contribution in [3.8, 4) is 0 Å². The van der Waals surface area contributed by atoms with Crippen LogP contribution in [0.2, 0.25) is 0 Å². The number of nitrogens with two attached hydrogens (primary N) is 1. The minimum atomic E-state index is 0.265. The van der Waals surface area contributed by atoms with Gasteiger partial charge in [0.25, 0.3) is 0 Å². The van der Waals surface area contributed by atoms with Crippen molar-refractivity contribution >= 4 is 0 Å². The van der Waals surface area contributed by atoms with Gasteiger partial charge < -0.3 is 4.84 Å². The zero-order valence-corrected chi connectivity index (χ0v) is 9.92. The van der Waals surface area contributed by atoms with Crippen molar-refractivity contribution in [2.75, 3.05) is 7.05 Å². The molecular formula is C11H24N2O. The lowest BCUT2D eigenvalue weighted by Gasteiger charge is -2.41. The van der Waals surface area contributed by atoms with Crippen LogP contribution in [0.3, 0.4) is 0 Å². The molecular weight excluding hydrogens is 176 g/mol. The molecule has 1 aliphatic rings. The highest BCUT2D eigenvalue weighted by molar-refractivity contribution is 4.84. The largest absolute Gasteiger partial charge is 0.301 e. The van der Waals surface area contributed by atoms with E-state index < -0.39 is 0 Å². The Hall–Kier alpha value is -0.120. The first-order valence-electron chi connectivity index (χ1n) is 5.53. The van der Waals surface area contributed by atoms with Crippen LogP contribution >= 0.6 is 0 Å². The quantitative estimate of drug-likeness (QED) is 0.692. The molecule has 0 aliphatic heterocycles. The molecule has 14 heavy (non-hydrogen) atoms. The van der Waals surface area contributed by atoms with E-state index in [9.17, 15) is 0 Å². The lowest BCUT2D eigenvalue weighted by atomic mass is 9.89. The summed E-state index contributed by atoms with van der Waals surface area (Å²) in [4.78, 5) is 7.36. The topological polar surface area (TPSA) is 38.5 Å². The van der Waals surface area contributed by atoms with Gasteiger partial charge in [0.15, 0.2) is 0 Å². The Bertz CT molecular complexity index is 169. The fourth-order valence-electron chi connectivity index (χ4n) is 2.12. The molecule has 0 atom stereocenters. The zero-order chi connectivity index (χ0) is 10.8. The van der Waals surface area contributed by atoms with Gasteiger partial charge in [-0.2, -0.15) is 0 Å². The Morgan fingerprint density at radius 1 is 1.14 bits per heavy atom. The predicted octanol–water partition coefficient (Wildman–Crippen LogP) is 1.92. The van der Waals surface area contributed by atoms with Gasteiger partial charge in [0.05, 0.1) is 6.10 Å². The molecule has 1 rings (SSSR count). The van der Waals surface area contributed by atoms with E-state index in [1.165, 1.54) is 12.8 Å². The fraction of sp³-hybridized carbons (Fsp3) is 1.00. The Kier molecular flexibility index (Phi) is 3.93. The van der Waals surface area contributed by atoms with Crippen LogP contribution in [-0.2, 0) is 4.84 Å². The van der Waals surface area contributed by atoms with Gasteiger partial charge in [0.2, 0.25) is 0 Å². The Morgan fingerprint density at radius 2 is 1.64 bits per heavy atom. The van der Waals surface area contributed by atoms with Gasteiger partial charge in [-0.25, -0.2) is 5.90 Å². The van der Waals surface area contributed by atoms with Crippen LogP contribution in [0.15, 0.2) is 0 Å². The van der Waals surface area contributed by atoms with E-state index in [0.29, 0.717) is 12.1 Å². The number of nitrogens with zero attached hydrogens (tertiary/aromatic N) is 1. The summed E-state index contributed by atoms with van der Waals surface area (Å²) < 4.78 is 0. The van der Waals surface area contributed by atoms with E-state index in [1.807, 2.05) is 0 Å². The molecule has 0 bridgehead atoms. The third-order valence-corrected chi connectivity index (χ3v) is 3.44. The molecule has 0 spiro atoms. The molecule has 84 valence electrons. The van der Waals surface area contributed by atoms with Gasteiger partial charge in [0, 0.05) is 11.6 Å². The Labute approximate surface area is 87.6 Å². The normalized spacial score (nSPS) is 29.6. The smallest absolute Gasteiger partial charge is 0.0788 e. The summed E-state index contributed by atoms with van der Waals surface area (Å²) in [5, 5.41) is 0. The molecule has 0 radical (unpaired) electrons. The second-order valence-electron chi connectivity index (χ2n) is 5.35. The molecule has 2 N–H and O–H groups in total. The summed E-state index contributed by atoms with van der Waals surface area (Å²) in [6.45, 7) is 6.79. The average Bonchev–Trinajstić information content (AvgIpc) is 2.15. The SMILES string of the molecule is CN(C1CCC(ON)CC1)C(C)(C)C. The van der Waals surface area contributed by atoms with E-state index in [-0.39, 0.29) is 5.54 Å². The van der Waals surface area contributed by atoms with Crippen LogP contribution in [0.4, 0.5) is 0 Å². The molecule has 3 nitrogen and oxygen atoms in total. The molecule has 0 unspecified atom stereocenters. The van der Waals surface area contributed by atoms with Crippen LogP contribution in [0.5, 0.6) is 0 Å². The van der Waals surface area contributed by atoms with E-state index >= 15 is 0 Å². The van der Waals surface area contributed by atoms with Crippen molar-refractivity contribution in [2.24, 2.45) is 5.90 Å². The predicted molar refractivity (Wildman–Crippen MR) is 58.8 cm³/mol. The average molecular weight is 200 g/mol. The van der Waals surface area contributed by atoms with Gasteiger partial charge in [0.1, 0.15) is 0 Å². The third kappa shape index (κ3) is 2.94. The van der Waals surface area contributed by atoms with Gasteiger partial charge >= 0.3 is 0 Å². The van der Waals surface area contributed by atoms with Crippen molar-refractivity contribution in [3.05, 3.63) is 0 Å². The van der Waals surface area contributed by atoms with Crippen LogP contribution in [0.1, 0.15) is 46.5 Å². The molecule has 0 aromatic carbocycles. The summed E-state index contributed by atoms with van der Waals surface area (Å²) in [5.41, 5.74) is 0.265. The Morgan fingerprint density at radius 3 is 2.00 bits per heavy atom. The molecule has 1 aliphatic carbocycles. The standard InChI is InChI=1S/C11H24N2O/c1-11(2,3)13(4)9-5-7-10(14-12)8-6-9/h9-10H,5-8,12H2,1-4H3. The molecule has 0 aromatic rings. The van der Waals surface area contributed by atoms with Gasteiger partial charge in [-0.3, -0.25) is 4.90 Å². The third-order valence-electron chi connectivity index (χ3n) is 3.44. The maximum absolute atomic E-state index is 5.20. The van der Waals surface area contributed by atoms with Crippen molar-refractivity contribution in [2.45, 2.75) is 64.1 Å². The van der Waals surface area contributed by atoms with Crippen molar-refractivity contribution < 1.29 is 4.84 Å². The van der Waals surface area contributed by atoms with Gasteiger partial charge in [-0.15, -0.1) is 0 Å². The molecule has 0 heterocycles. The van der Waals surface area contributed by atoms with E-state index in [0.717, 1.165) is 12.8 Å². The minimum absolute atomic E-state index is 0.265. The molecule has 0 aromatic heterocycles. The summed E-state index contributed by atoms with van der Waals surface area (Å²) in [6, 6.07) is 0.696. The lowest BCUT2D eigenvalue weighted by Crippen LogP contribution is -2.47. The molecule has 0 saturated heterocycles. The summed E-state index contributed by atoms with van der Waals surface area (Å²) in [7, 11) is 2.22. The highest BCUT2D eigenvalue weighted by atomic mass is 16.6. The lowest BCUT2D eigenvalue weighted by molar-refractivity contribution is -0.00360. The molecule has 0 amide bonds. The minimum Gasteiger partial charge on any atom is -0.301 e. The second-order valence-corrected chi connectivity index (χ2v) is 5.35. The first-order chi connectivity index (χ1) is 6.45. The van der Waals surface area contributed by atoms with Crippen LogP contribution < -0.4 is 5.90 Å². The van der Waals surface area contributed by atoms with Gasteiger partial charge in [-0.05, 0) is 53.5 Å². The molecule has 1 fully saturated rings. The number of rotatable bonds is 2. The van der Waals surface area contributed by atoms with E-state index in [2.05, 4.69) is 32.7 Å². The van der Waals surface area contributed by atoms with Crippen molar-refractivity contribution in [1.82, 2.24) is 4.90 Å². The zero-order valence-electron chi connectivity index (χ0n) is 9.92. The Balaban J connectivity index is 2.42. The highest BCUT2D eigenvalue weighted by Crippen LogP contribution is 2.27. The van der Waals surface area contributed by atoms with Crippen molar-refractivity contribution in [3.63, 3.8) is 0 Å². The summed E-state index contributed by atoms with van der Waals surface area (Å²) in [5.74, 6) is 5.20. The van der Waals surface area contributed by atoms with Crippen LogP contribution in [0, 0.1) is 0 Å². The van der Waals surface area contributed by atoms with E-state index in [4.69, 9.17) is 10.7 Å². The maximum Gasteiger partial charge on any atom is 0.0788 e. The van der Waals surface area contributed by atoms with Crippen LogP contribution in [0.25, 0.3) is 0 Å². The highest BCUT2D eigenvalue weighted by Gasteiger charge is 2.29. The fourth-order valence-corrected chi connectivity index (χ4v) is 2.12. The van der Waals surface area contributed by atoms with Gasteiger partial charge in [-0.1, -0.05) is 0 Å². The first kappa shape index (κ1) is 12.0. The number of hydrogen-bond acceptors (Lipinski definition) is 3. The molecule has 3 heteroatoms. The van der Waals surface area contributed by atoms with Crippen LogP contribution in [-0.4, -0.2) is 29.6 Å². The maximum atomic E-state index is 5.20. The molecule has 1 saturated carbocycles. The first-order valence-corrected chi connectivity index (χ1v) is 5.53. The second kappa shape index (κ2) is 4.60. The summed E-state index contributed by atoms with van der Waals surface area (Å²) in [6.07, 6.45) is 4.90. The summed E-state index contributed by atoms with van der Waals surface area (Å²) >= 11 is 0. The van der Waals surface area contributed by atoms with E-state index in [1.54, 1.807) is 0 Å².